The Labute approximate surface area is 168 Å². The Morgan fingerprint density at radius 2 is 1.89 bits per heavy atom. The predicted octanol–water partition coefficient (Wildman–Crippen LogP) is 4.88. The zero-order chi connectivity index (χ0) is 20.0. The first-order valence-electron chi connectivity index (χ1n) is 8.57. The number of aromatic hydroxyl groups is 1. The molecule has 0 aliphatic carbocycles. The van der Waals surface area contributed by atoms with Crippen LogP contribution in [0, 0.1) is 0 Å². The van der Waals surface area contributed by atoms with E-state index in [0.717, 1.165) is 16.7 Å². The van der Waals surface area contributed by atoms with Crippen molar-refractivity contribution in [2.24, 2.45) is 0 Å². The van der Waals surface area contributed by atoms with E-state index in [-0.39, 0.29) is 24.8 Å². The fraction of sp³-hybridized carbons (Fsp3) is 0.350. The number of hydrogen-bond acceptors (Lipinski definition) is 3. The quantitative estimate of drug-likeness (QED) is 0.648. The summed E-state index contributed by atoms with van der Waals surface area (Å²) in [7, 11) is 0. The molecule has 2 N–H and O–H groups in total. The molecule has 0 aliphatic heterocycles. The van der Waals surface area contributed by atoms with Crippen LogP contribution in [-0.2, 0) is 11.2 Å². The molecule has 4 nitrogen and oxygen atoms in total. The molecule has 146 valence electrons. The van der Waals surface area contributed by atoms with Crippen LogP contribution in [0.5, 0.6) is 11.5 Å². The van der Waals surface area contributed by atoms with Crippen LogP contribution in [0.3, 0.4) is 0 Å². The molecule has 0 aromatic heterocycles. The van der Waals surface area contributed by atoms with Crippen LogP contribution in [-0.4, -0.2) is 30.8 Å². The number of amides is 1. The van der Waals surface area contributed by atoms with E-state index in [1.807, 2.05) is 26.0 Å². The molecule has 0 spiro atoms. The molecule has 0 radical (unpaired) electrons. The van der Waals surface area contributed by atoms with Crippen LogP contribution in [0.15, 0.2) is 30.3 Å². The van der Waals surface area contributed by atoms with E-state index in [0.29, 0.717) is 22.2 Å². The predicted molar refractivity (Wildman–Crippen MR) is 106 cm³/mol. The Hall–Kier alpha value is -1.98. The van der Waals surface area contributed by atoms with Crippen molar-refractivity contribution in [2.45, 2.75) is 26.2 Å². The summed E-state index contributed by atoms with van der Waals surface area (Å²) in [5.74, 6) is 0.392. The summed E-state index contributed by atoms with van der Waals surface area (Å²) in [5.41, 5.74) is 2.56. The number of benzene rings is 2. The molecule has 7 heteroatoms. The lowest BCUT2D eigenvalue weighted by Crippen LogP contribution is -2.30. The Kier molecular flexibility index (Phi) is 7.75. The maximum absolute atomic E-state index is 12.0. The highest BCUT2D eigenvalue weighted by Gasteiger charge is 2.13. The smallest absolute Gasteiger partial charge is 0.258 e. The van der Waals surface area contributed by atoms with E-state index >= 15 is 0 Å². The lowest BCUT2D eigenvalue weighted by Gasteiger charge is -2.14. The van der Waals surface area contributed by atoms with E-state index in [1.54, 1.807) is 18.2 Å². The van der Waals surface area contributed by atoms with Gasteiger partial charge in [-0.3, -0.25) is 4.79 Å². The zero-order valence-corrected chi connectivity index (χ0v) is 16.7. The number of rotatable bonds is 8. The van der Waals surface area contributed by atoms with Crippen LogP contribution in [0.1, 0.15) is 36.5 Å². The van der Waals surface area contributed by atoms with E-state index in [1.165, 1.54) is 0 Å². The topological polar surface area (TPSA) is 58.6 Å². The average molecular weight is 414 g/mol. The second-order valence-corrected chi connectivity index (χ2v) is 7.23. The van der Waals surface area contributed by atoms with Crippen molar-refractivity contribution in [3.05, 3.63) is 57.1 Å². The van der Waals surface area contributed by atoms with Gasteiger partial charge in [0.15, 0.2) is 6.61 Å². The minimum atomic E-state index is -0.631. The molecular formula is C20H22Cl2FNO3. The Morgan fingerprint density at radius 3 is 2.48 bits per heavy atom. The molecule has 2 aromatic carbocycles. The highest BCUT2D eigenvalue weighted by atomic mass is 35.5. The molecule has 0 bridgehead atoms. The SMILES string of the molecule is CC(C)c1cc(Cc2c(Cl)cc(OCC(=O)NCCF)cc2Cl)ccc1O. The Bertz CT molecular complexity index is 789. The Morgan fingerprint density at radius 1 is 1.22 bits per heavy atom. The van der Waals surface area contributed by atoms with Crippen molar-refractivity contribution in [2.75, 3.05) is 19.8 Å². The molecule has 0 aliphatic rings. The van der Waals surface area contributed by atoms with Gasteiger partial charge in [0.1, 0.15) is 18.2 Å². The van der Waals surface area contributed by atoms with Gasteiger partial charge in [0.2, 0.25) is 0 Å². The van der Waals surface area contributed by atoms with Gasteiger partial charge < -0.3 is 15.2 Å². The molecule has 0 saturated carbocycles. The molecular weight excluding hydrogens is 392 g/mol. The molecule has 27 heavy (non-hydrogen) atoms. The first-order valence-corrected chi connectivity index (χ1v) is 9.32. The van der Waals surface area contributed by atoms with Crippen LogP contribution in [0.25, 0.3) is 0 Å². The molecule has 2 rings (SSSR count). The van der Waals surface area contributed by atoms with Gasteiger partial charge >= 0.3 is 0 Å². The number of alkyl halides is 1. The summed E-state index contributed by atoms with van der Waals surface area (Å²) < 4.78 is 17.4. The van der Waals surface area contributed by atoms with Gasteiger partial charge in [0.05, 0.1) is 0 Å². The second-order valence-electron chi connectivity index (χ2n) is 6.42. The first kappa shape index (κ1) is 21.3. The summed E-state index contributed by atoms with van der Waals surface area (Å²) >= 11 is 12.7. The minimum Gasteiger partial charge on any atom is -0.508 e. The van der Waals surface area contributed by atoms with Crippen molar-refractivity contribution in [1.29, 1.82) is 0 Å². The fourth-order valence-corrected chi connectivity index (χ4v) is 3.20. The number of phenolic OH excluding ortho intramolecular Hbond substituents is 1. The molecule has 2 aromatic rings. The van der Waals surface area contributed by atoms with Crippen molar-refractivity contribution < 1.29 is 19.0 Å². The molecule has 0 unspecified atom stereocenters. The van der Waals surface area contributed by atoms with Gasteiger partial charge in [-0.15, -0.1) is 0 Å². The van der Waals surface area contributed by atoms with Gasteiger partial charge in [0, 0.05) is 23.0 Å². The lowest BCUT2D eigenvalue weighted by molar-refractivity contribution is -0.123. The summed E-state index contributed by atoms with van der Waals surface area (Å²) in [6, 6.07) is 8.61. The highest BCUT2D eigenvalue weighted by molar-refractivity contribution is 6.36. The van der Waals surface area contributed by atoms with Crippen molar-refractivity contribution >= 4 is 29.1 Å². The largest absolute Gasteiger partial charge is 0.508 e. The number of halogens is 3. The van der Waals surface area contributed by atoms with Crippen LogP contribution >= 0.6 is 23.2 Å². The van der Waals surface area contributed by atoms with Crippen LogP contribution in [0.2, 0.25) is 10.0 Å². The standard InChI is InChI=1S/C20H22Cl2FNO3/c1-12(2)15-7-13(3-4-19(15)25)8-16-17(21)9-14(10-18(16)22)27-11-20(26)24-6-5-23/h3-4,7,9-10,12,25H,5-6,8,11H2,1-2H3,(H,24,26). The van der Waals surface area contributed by atoms with Crippen LogP contribution < -0.4 is 10.1 Å². The minimum absolute atomic E-state index is 0.0480. The summed E-state index contributed by atoms with van der Waals surface area (Å²) in [6.07, 6.45) is 0.495. The van der Waals surface area contributed by atoms with Gasteiger partial charge in [-0.1, -0.05) is 49.2 Å². The number of nitrogens with one attached hydrogen (secondary N) is 1. The molecule has 0 heterocycles. The van der Waals surface area contributed by atoms with E-state index in [4.69, 9.17) is 27.9 Å². The number of ether oxygens (including phenoxy) is 1. The van der Waals surface area contributed by atoms with Crippen molar-refractivity contribution in [3.8, 4) is 11.5 Å². The molecule has 0 fully saturated rings. The second kappa shape index (κ2) is 9.81. The maximum atomic E-state index is 12.0. The van der Waals surface area contributed by atoms with Crippen molar-refractivity contribution in [3.63, 3.8) is 0 Å². The molecule has 0 saturated heterocycles. The first-order chi connectivity index (χ1) is 12.8. The Balaban J connectivity index is 2.13. The van der Waals surface area contributed by atoms with E-state index in [9.17, 15) is 14.3 Å². The third-order valence-corrected chi connectivity index (χ3v) is 4.67. The zero-order valence-electron chi connectivity index (χ0n) is 15.2. The fourth-order valence-electron chi connectivity index (χ4n) is 2.60. The summed E-state index contributed by atoms with van der Waals surface area (Å²) in [4.78, 5) is 11.5. The average Bonchev–Trinajstić information content (AvgIpc) is 2.62. The van der Waals surface area contributed by atoms with Gasteiger partial charge in [-0.25, -0.2) is 4.39 Å². The third-order valence-electron chi connectivity index (χ3n) is 4.00. The van der Waals surface area contributed by atoms with Gasteiger partial charge in [0.25, 0.3) is 5.91 Å². The van der Waals surface area contributed by atoms with E-state index < -0.39 is 12.6 Å². The third kappa shape index (κ3) is 6.01. The number of hydrogen-bond donors (Lipinski definition) is 2. The number of carbonyl (C=O) groups excluding carboxylic acids is 1. The normalized spacial score (nSPS) is 10.9. The molecule has 0 atom stereocenters. The monoisotopic (exact) mass is 413 g/mol. The van der Waals surface area contributed by atoms with Gasteiger partial charge in [-0.05, 0) is 40.8 Å². The number of carbonyl (C=O) groups is 1. The number of phenols is 1. The molecule has 1 amide bonds. The van der Waals surface area contributed by atoms with Gasteiger partial charge in [-0.2, -0.15) is 0 Å². The van der Waals surface area contributed by atoms with Crippen LogP contribution in [0.4, 0.5) is 4.39 Å². The maximum Gasteiger partial charge on any atom is 0.258 e. The summed E-state index contributed by atoms with van der Waals surface area (Å²) in [6.45, 7) is 3.09. The lowest BCUT2D eigenvalue weighted by atomic mass is 9.96. The summed E-state index contributed by atoms with van der Waals surface area (Å²) in [5, 5.41) is 13.2. The van der Waals surface area contributed by atoms with Crippen molar-refractivity contribution in [1.82, 2.24) is 5.32 Å². The highest BCUT2D eigenvalue weighted by Crippen LogP contribution is 2.33. The van der Waals surface area contributed by atoms with E-state index in [2.05, 4.69) is 5.32 Å².